The Balaban J connectivity index is 2.20. The number of carbonyl (C=O) groups excluding carboxylic acids is 1. The summed E-state index contributed by atoms with van der Waals surface area (Å²) in [5.74, 6) is -0.108. The summed E-state index contributed by atoms with van der Waals surface area (Å²) in [5, 5.41) is 5.23. The van der Waals surface area contributed by atoms with Crippen LogP contribution in [0.25, 0.3) is 5.69 Å². The zero-order valence-corrected chi connectivity index (χ0v) is 14.9. The molecule has 1 amide bonds. The van der Waals surface area contributed by atoms with E-state index in [1.807, 2.05) is 13.8 Å². The van der Waals surface area contributed by atoms with E-state index in [-0.39, 0.29) is 11.3 Å². The van der Waals surface area contributed by atoms with Crippen LogP contribution in [0, 0.1) is 5.41 Å². The van der Waals surface area contributed by atoms with Gasteiger partial charge in [-0.25, -0.2) is 4.68 Å². The lowest BCUT2D eigenvalue weighted by Gasteiger charge is -2.28. The highest BCUT2D eigenvalue weighted by Crippen LogP contribution is 2.24. The van der Waals surface area contributed by atoms with Crippen LogP contribution in [0.2, 0.25) is 10.0 Å². The predicted octanol–water partition coefficient (Wildman–Crippen LogP) is 3.24. The van der Waals surface area contributed by atoms with E-state index in [4.69, 9.17) is 28.9 Å². The molecule has 0 atom stereocenters. The predicted molar refractivity (Wildman–Crippen MR) is 93.4 cm³/mol. The number of nitrogens with zero attached hydrogens (tertiary/aromatic N) is 3. The second kappa shape index (κ2) is 6.91. The first kappa shape index (κ1) is 17.8. The van der Waals surface area contributed by atoms with Gasteiger partial charge in [0.1, 0.15) is 0 Å². The third kappa shape index (κ3) is 4.25. The van der Waals surface area contributed by atoms with Gasteiger partial charge in [0.05, 0.1) is 22.5 Å². The Morgan fingerprint density at radius 3 is 2.70 bits per heavy atom. The number of halogens is 2. The molecule has 2 aromatic rings. The average Bonchev–Trinajstić information content (AvgIpc) is 2.95. The number of rotatable bonds is 5. The molecule has 0 bridgehead atoms. The molecule has 0 radical (unpaired) electrons. The van der Waals surface area contributed by atoms with Crippen molar-refractivity contribution in [2.75, 3.05) is 20.1 Å². The maximum atomic E-state index is 12.5. The molecule has 1 heterocycles. The van der Waals surface area contributed by atoms with Crippen LogP contribution < -0.4 is 5.73 Å². The number of hydrogen-bond donors (Lipinski definition) is 1. The third-order valence-corrected chi connectivity index (χ3v) is 4.09. The Morgan fingerprint density at radius 1 is 1.39 bits per heavy atom. The number of carbonyl (C=O) groups is 1. The van der Waals surface area contributed by atoms with Gasteiger partial charge in [-0.3, -0.25) is 4.79 Å². The van der Waals surface area contributed by atoms with E-state index in [0.29, 0.717) is 34.4 Å². The third-order valence-electron chi connectivity index (χ3n) is 3.55. The fourth-order valence-corrected chi connectivity index (χ4v) is 2.73. The minimum atomic E-state index is -0.139. The molecule has 0 saturated carbocycles. The smallest absolute Gasteiger partial charge is 0.256 e. The Hall–Kier alpha value is -1.56. The summed E-state index contributed by atoms with van der Waals surface area (Å²) < 4.78 is 1.56. The molecule has 23 heavy (non-hydrogen) atoms. The lowest BCUT2D eigenvalue weighted by molar-refractivity contribution is 0.0740. The molecule has 1 aromatic carbocycles. The van der Waals surface area contributed by atoms with Crippen molar-refractivity contribution in [3.63, 3.8) is 0 Å². The molecule has 0 spiro atoms. The summed E-state index contributed by atoms with van der Waals surface area (Å²) in [7, 11) is 1.76. The molecule has 2 rings (SSSR count). The average molecular weight is 355 g/mol. The molecule has 7 heteroatoms. The quantitative estimate of drug-likeness (QED) is 0.896. The number of amides is 1. The molecule has 1 aromatic heterocycles. The summed E-state index contributed by atoms with van der Waals surface area (Å²) in [5.41, 5.74) is 6.74. The maximum absolute atomic E-state index is 12.5. The van der Waals surface area contributed by atoms with Crippen LogP contribution in [0.1, 0.15) is 24.2 Å². The molecule has 124 valence electrons. The number of benzene rings is 1. The van der Waals surface area contributed by atoms with E-state index in [1.54, 1.807) is 41.0 Å². The zero-order valence-electron chi connectivity index (χ0n) is 13.4. The zero-order chi connectivity index (χ0) is 17.2. The van der Waals surface area contributed by atoms with E-state index in [1.165, 1.54) is 6.20 Å². The molecule has 0 saturated heterocycles. The van der Waals surface area contributed by atoms with Crippen LogP contribution in [0.3, 0.4) is 0 Å². The van der Waals surface area contributed by atoms with Crippen molar-refractivity contribution in [1.29, 1.82) is 0 Å². The van der Waals surface area contributed by atoms with Crippen molar-refractivity contribution in [2.24, 2.45) is 11.1 Å². The van der Waals surface area contributed by atoms with E-state index in [0.717, 1.165) is 0 Å². The van der Waals surface area contributed by atoms with E-state index < -0.39 is 0 Å². The van der Waals surface area contributed by atoms with Crippen molar-refractivity contribution >= 4 is 29.1 Å². The van der Waals surface area contributed by atoms with E-state index >= 15 is 0 Å². The fraction of sp³-hybridized carbons (Fsp3) is 0.375. The van der Waals surface area contributed by atoms with Crippen LogP contribution in [0.15, 0.2) is 30.6 Å². The van der Waals surface area contributed by atoms with Crippen LogP contribution in [0.4, 0.5) is 0 Å². The Bertz CT molecular complexity index is 712. The van der Waals surface area contributed by atoms with Gasteiger partial charge in [0.2, 0.25) is 0 Å². The normalized spacial score (nSPS) is 11.6. The van der Waals surface area contributed by atoms with Crippen molar-refractivity contribution in [3.05, 3.63) is 46.2 Å². The molecule has 0 fully saturated rings. The molecular formula is C16H20Cl2N4O. The van der Waals surface area contributed by atoms with Gasteiger partial charge >= 0.3 is 0 Å². The second-order valence-corrected chi connectivity index (χ2v) is 7.14. The van der Waals surface area contributed by atoms with Gasteiger partial charge < -0.3 is 10.6 Å². The topological polar surface area (TPSA) is 64.2 Å². The standard InChI is InChI=1S/C16H20Cl2N4O/c1-16(2,9-19)10-21(3)15(23)11-7-20-22(8-11)14-5-4-12(17)6-13(14)18/h4-8H,9-10,19H2,1-3H3. The van der Waals surface area contributed by atoms with Crippen LogP contribution >= 0.6 is 23.2 Å². The van der Waals surface area contributed by atoms with Crippen LogP contribution in [-0.2, 0) is 0 Å². The molecular weight excluding hydrogens is 335 g/mol. The first-order valence-electron chi connectivity index (χ1n) is 7.19. The Labute approximate surface area is 146 Å². The molecule has 0 aliphatic rings. The molecule has 0 aliphatic carbocycles. The van der Waals surface area contributed by atoms with Gasteiger partial charge in [-0.15, -0.1) is 0 Å². The Kier molecular flexibility index (Phi) is 5.34. The van der Waals surface area contributed by atoms with Gasteiger partial charge in [-0.1, -0.05) is 37.0 Å². The summed E-state index contributed by atoms with van der Waals surface area (Å²) in [6.07, 6.45) is 3.18. The molecule has 2 N–H and O–H groups in total. The summed E-state index contributed by atoms with van der Waals surface area (Å²) in [4.78, 5) is 14.2. The van der Waals surface area contributed by atoms with Crippen molar-refractivity contribution < 1.29 is 4.79 Å². The van der Waals surface area contributed by atoms with E-state index in [9.17, 15) is 4.79 Å². The molecule has 5 nitrogen and oxygen atoms in total. The van der Waals surface area contributed by atoms with Crippen LogP contribution in [0.5, 0.6) is 0 Å². The van der Waals surface area contributed by atoms with Gasteiger partial charge in [0, 0.05) is 24.8 Å². The van der Waals surface area contributed by atoms with Gasteiger partial charge in [-0.2, -0.15) is 5.10 Å². The minimum Gasteiger partial charge on any atom is -0.341 e. The van der Waals surface area contributed by atoms with Crippen molar-refractivity contribution in [3.8, 4) is 5.69 Å². The SMILES string of the molecule is CN(CC(C)(C)CN)C(=O)c1cnn(-c2ccc(Cl)cc2Cl)c1. The largest absolute Gasteiger partial charge is 0.341 e. The highest BCUT2D eigenvalue weighted by atomic mass is 35.5. The monoisotopic (exact) mass is 354 g/mol. The molecule has 0 unspecified atom stereocenters. The number of hydrogen-bond acceptors (Lipinski definition) is 3. The summed E-state index contributed by atoms with van der Waals surface area (Å²) in [6, 6.07) is 5.12. The minimum absolute atomic E-state index is 0.108. The molecule has 0 aliphatic heterocycles. The van der Waals surface area contributed by atoms with Gasteiger partial charge in [0.15, 0.2) is 0 Å². The lowest BCUT2D eigenvalue weighted by Crippen LogP contribution is -2.39. The maximum Gasteiger partial charge on any atom is 0.256 e. The summed E-state index contributed by atoms with van der Waals surface area (Å²) in [6.45, 7) is 5.11. The Morgan fingerprint density at radius 2 is 2.09 bits per heavy atom. The fourth-order valence-electron chi connectivity index (χ4n) is 2.23. The van der Waals surface area contributed by atoms with Gasteiger partial charge in [0.25, 0.3) is 5.91 Å². The van der Waals surface area contributed by atoms with Gasteiger partial charge in [-0.05, 0) is 30.2 Å². The highest BCUT2D eigenvalue weighted by molar-refractivity contribution is 6.35. The summed E-state index contributed by atoms with van der Waals surface area (Å²) >= 11 is 12.1. The first-order valence-corrected chi connectivity index (χ1v) is 7.95. The lowest BCUT2D eigenvalue weighted by atomic mass is 9.93. The number of nitrogens with two attached hydrogens (primary N) is 1. The second-order valence-electron chi connectivity index (χ2n) is 6.30. The van der Waals surface area contributed by atoms with Crippen molar-refractivity contribution in [1.82, 2.24) is 14.7 Å². The van der Waals surface area contributed by atoms with Crippen LogP contribution in [-0.4, -0.2) is 40.7 Å². The van der Waals surface area contributed by atoms with E-state index in [2.05, 4.69) is 5.10 Å². The first-order chi connectivity index (χ1) is 10.7. The van der Waals surface area contributed by atoms with Crippen molar-refractivity contribution in [2.45, 2.75) is 13.8 Å². The number of aromatic nitrogens is 2. The highest BCUT2D eigenvalue weighted by Gasteiger charge is 2.23.